The molecule has 7 nitrogen and oxygen atoms in total. The van der Waals surface area contributed by atoms with Gasteiger partial charge in [0.25, 0.3) is 11.8 Å². The van der Waals surface area contributed by atoms with Gasteiger partial charge in [0.2, 0.25) is 5.91 Å². The average Bonchev–Trinajstić information content (AvgIpc) is 3.19. The fourth-order valence-electron chi connectivity index (χ4n) is 5.19. The standard InChI is InChI=1S/C29H30N4O3/c34-26(30-20-23-10-4-1-5-11-23)21-32-22-33(25-14-8-3-9-15-25)29(28(32)36)16-18-31(19-17-29)27(35)24-12-6-2-7-13-24/h1-15H,16-22H2,(H,30,34). The van der Waals surface area contributed by atoms with Crippen LogP contribution < -0.4 is 10.2 Å². The maximum absolute atomic E-state index is 13.8. The van der Waals surface area contributed by atoms with Crippen molar-refractivity contribution in [3.8, 4) is 0 Å². The van der Waals surface area contributed by atoms with Crippen molar-refractivity contribution >= 4 is 23.4 Å². The number of carbonyl (C=O) groups is 3. The molecule has 3 amide bonds. The zero-order valence-corrected chi connectivity index (χ0v) is 20.2. The number of rotatable bonds is 6. The third kappa shape index (κ3) is 4.69. The van der Waals surface area contributed by atoms with Gasteiger partial charge in [0.1, 0.15) is 12.1 Å². The molecule has 0 atom stereocenters. The lowest BCUT2D eigenvalue weighted by molar-refractivity contribution is -0.137. The Labute approximate surface area is 211 Å². The molecule has 0 radical (unpaired) electrons. The maximum atomic E-state index is 13.8. The van der Waals surface area contributed by atoms with Gasteiger partial charge in [-0.2, -0.15) is 0 Å². The van der Waals surface area contributed by atoms with Crippen LogP contribution >= 0.6 is 0 Å². The van der Waals surface area contributed by atoms with Crippen LogP contribution in [0.5, 0.6) is 0 Å². The highest BCUT2D eigenvalue weighted by atomic mass is 16.2. The molecule has 0 aromatic heterocycles. The Hall–Kier alpha value is -4.13. The quantitative estimate of drug-likeness (QED) is 0.585. The minimum atomic E-state index is -0.769. The number of nitrogens with zero attached hydrogens (tertiary/aromatic N) is 3. The third-order valence-corrected chi connectivity index (χ3v) is 7.15. The Kier molecular flexibility index (Phi) is 6.71. The van der Waals surface area contributed by atoms with E-state index in [1.165, 1.54) is 0 Å². The smallest absolute Gasteiger partial charge is 0.253 e. The molecule has 2 saturated heterocycles. The minimum Gasteiger partial charge on any atom is -0.350 e. The summed E-state index contributed by atoms with van der Waals surface area (Å²) in [5, 5.41) is 2.93. The number of hydrogen-bond acceptors (Lipinski definition) is 4. The predicted molar refractivity (Wildman–Crippen MR) is 138 cm³/mol. The first-order chi connectivity index (χ1) is 17.6. The molecule has 3 aromatic carbocycles. The molecule has 5 rings (SSSR count). The molecule has 2 aliphatic rings. The summed E-state index contributed by atoms with van der Waals surface area (Å²) in [4.78, 5) is 45.2. The van der Waals surface area contributed by atoms with Crippen molar-refractivity contribution in [2.45, 2.75) is 24.9 Å². The van der Waals surface area contributed by atoms with Crippen LogP contribution in [0.1, 0.15) is 28.8 Å². The fraction of sp³-hybridized carbons (Fsp3) is 0.276. The van der Waals surface area contributed by atoms with Gasteiger partial charge >= 0.3 is 0 Å². The monoisotopic (exact) mass is 482 g/mol. The normalized spacial score (nSPS) is 16.9. The van der Waals surface area contributed by atoms with Crippen LogP contribution in [0.3, 0.4) is 0 Å². The number of amides is 3. The van der Waals surface area contributed by atoms with E-state index < -0.39 is 5.54 Å². The van der Waals surface area contributed by atoms with E-state index in [0.717, 1.165) is 11.3 Å². The summed E-state index contributed by atoms with van der Waals surface area (Å²) in [6.45, 7) is 1.73. The van der Waals surface area contributed by atoms with E-state index >= 15 is 0 Å². The number of para-hydroxylation sites is 1. The molecule has 2 fully saturated rings. The van der Waals surface area contributed by atoms with E-state index in [-0.39, 0.29) is 24.3 Å². The van der Waals surface area contributed by atoms with Gasteiger partial charge in [-0.1, -0.05) is 66.7 Å². The zero-order valence-electron chi connectivity index (χ0n) is 20.2. The molecule has 36 heavy (non-hydrogen) atoms. The van der Waals surface area contributed by atoms with Gasteiger partial charge in [-0.3, -0.25) is 14.4 Å². The number of benzene rings is 3. The second-order valence-corrected chi connectivity index (χ2v) is 9.36. The second-order valence-electron chi connectivity index (χ2n) is 9.36. The topological polar surface area (TPSA) is 73.0 Å². The summed E-state index contributed by atoms with van der Waals surface area (Å²) in [5.74, 6) is -0.249. The van der Waals surface area contributed by atoms with Crippen LogP contribution in [0.25, 0.3) is 0 Å². The van der Waals surface area contributed by atoms with Crippen LogP contribution in [-0.2, 0) is 16.1 Å². The van der Waals surface area contributed by atoms with Gasteiger partial charge in [0.15, 0.2) is 0 Å². The number of carbonyl (C=O) groups excluding carboxylic acids is 3. The van der Waals surface area contributed by atoms with Gasteiger partial charge in [0.05, 0.1) is 6.67 Å². The highest BCUT2D eigenvalue weighted by molar-refractivity contribution is 5.97. The van der Waals surface area contributed by atoms with E-state index in [1.807, 2.05) is 95.9 Å². The maximum Gasteiger partial charge on any atom is 0.253 e. The molecule has 0 unspecified atom stereocenters. The van der Waals surface area contributed by atoms with Crippen molar-refractivity contribution in [2.75, 3.05) is 31.2 Å². The molecule has 1 N–H and O–H groups in total. The van der Waals surface area contributed by atoms with E-state index in [2.05, 4.69) is 10.2 Å². The molecule has 2 aliphatic heterocycles. The molecular formula is C29H30N4O3. The van der Waals surface area contributed by atoms with E-state index in [4.69, 9.17) is 0 Å². The third-order valence-electron chi connectivity index (χ3n) is 7.15. The Morgan fingerprint density at radius 2 is 1.39 bits per heavy atom. The molecule has 7 heteroatoms. The molecule has 0 aliphatic carbocycles. The van der Waals surface area contributed by atoms with Crippen molar-refractivity contribution < 1.29 is 14.4 Å². The van der Waals surface area contributed by atoms with Crippen molar-refractivity contribution in [1.82, 2.24) is 15.1 Å². The summed E-state index contributed by atoms with van der Waals surface area (Å²) >= 11 is 0. The Bertz CT molecular complexity index is 1210. The molecule has 0 bridgehead atoms. The predicted octanol–water partition coefficient (Wildman–Crippen LogP) is 3.28. The summed E-state index contributed by atoms with van der Waals surface area (Å²) in [6, 6.07) is 28.8. The van der Waals surface area contributed by atoms with E-state index in [1.54, 1.807) is 4.90 Å². The summed E-state index contributed by atoms with van der Waals surface area (Å²) in [5.41, 5.74) is 1.84. The van der Waals surface area contributed by atoms with Gasteiger partial charge in [-0.05, 0) is 42.7 Å². The number of anilines is 1. The fourth-order valence-corrected chi connectivity index (χ4v) is 5.19. The summed E-state index contributed by atoms with van der Waals surface area (Å²) in [6.07, 6.45) is 1.03. The largest absolute Gasteiger partial charge is 0.350 e. The van der Waals surface area contributed by atoms with Gasteiger partial charge < -0.3 is 20.0 Å². The first kappa shape index (κ1) is 23.6. The average molecular weight is 483 g/mol. The first-order valence-corrected chi connectivity index (χ1v) is 12.3. The van der Waals surface area contributed by atoms with Crippen molar-refractivity contribution in [1.29, 1.82) is 0 Å². The van der Waals surface area contributed by atoms with Gasteiger partial charge in [0, 0.05) is 30.9 Å². The second kappa shape index (κ2) is 10.2. The zero-order chi connectivity index (χ0) is 25.0. The first-order valence-electron chi connectivity index (χ1n) is 12.3. The van der Waals surface area contributed by atoms with Gasteiger partial charge in [-0.15, -0.1) is 0 Å². The molecule has 2 heterocycles. The van der Waals surface area contributed by atoms with Crippen molar-refractivity contribution in [2.24, 2.45) is 0 Å². The summed E-state index contributed by atoms with van der Waals surface area (Å²) < 4.78 is 0. The highest BCUT2D eigenvalue weighted by Crippen LogP contribution is 2.39. The van der Waals surface area contributed by atoms with E-state index in [0.29, 0.717) is 44.7 Å². The number of piperidine rings is 1. The lowest BCUT2D eigenvalue weighted by Gasteiger charge is -2.43. The van der Waals surface area contributed by atoms with Crippen LogP contribution in [0.4, 0.5) is 5.69 Å². The number of likely N-dealkylation sites (tertiary alicyclic amines) is 1. The van der Waals surface area contributed by atoms with Crippen LogP contribution in [-0.4, -0.2) is 59.4 Å². The highest BCUT2D eigenvalue weighted by Gasteiger charge is 2.54. The number of hydrogen-bond donors (Lipinski definition) is 1. The van der Waals surface area contributed by atoms with E-state index in [9.17, 15) is 14.4 Å². The molecule has 0 saturated carbocycles. The molecule has 184 valence electrons. The Balaban J connectivity index is 1.30. The Morgan fingerprint density at radius 1 is 0.806 bits per heavy atom. The Morgan fingerprint density at radius 3 is 2.03 bits per heavy atom. The lowest BCUT2D eigenvalue weighted by atomic mass is 9.85. The molecule has 3 aromatic rings. The van der Waals surface area contributed by atoms with Crippen molar-refractivity contribution in [3.05, 3.63) is 102 Å². The van der Waals surface area contributed by atoms with Crippen LogP contribution in [0.2, 0.25) is 0 Å². The lowest BCUT2D eigenvalue weighted by Crippen LogP contribution is -2.57. The SMILES string of the molecule is O=C(CN1CN(c2ccccc2)C2(CCN(C(=O)c3ccccc3)CC2)C1=O)NCc1ccccc1. The van der Waals surface area contributed by atoms with Crippen LogP contribution in [0, 0.1) is 0 Å². The molecule has 1 spiro atoms. The van der Waals surface area contributed by atoms with Crippen LogP contribution in [0.15, 0.2) is 91.0 Å². The van der Waals surface area contributed by atoms with Crippen molar-refractivity contribution in [3.63, 3.8) is 0 Å². The molecular weight excluding hydrogens is 452 g/mol. The summed E-state index contributed by atoms with van der Waals surface area (Å²) in [7, 11) is 0. The van der Waals surface area contributed by atoms with Gasteiger partial charge in [-0.25, -0.2) is 0 Å². The number of nitrogens with one attached hydrogen (secondary N) is 1. The minimum absolute atomic E-state index is 0.00338.